The second-order valence-electron chi connectivity index (χ2n) is 5.06. The Morgan fingerprint density at radius 1 is 1.31 bits per heavy atom. The highest BCUT2D eigenvalue weighted by atomic mass is 35.5. The summed E-state index contributed by atoms with van der Waals surface area (Å²) >= 11 is 12.0. The number of nitrogens with zero attached hydrogens (tertiary/aromatic N) is 2. The van der Waals surface area contributed by atoms with Crippen molar-refractivity contribution in [2.75, 3.05) is 32.7 Å². The Kier molecular flexibility index (Phi) is 7.26. The lowest BCUT2D eigenvalue weighted by Gasteiger charge is -2.21. The molecule has 2 aromatic rings. The van der Waals surface area contributed by atoms with Gasteiger partial charge in [-0.3, -0.25) is 0 Å². The lowest BCUT2D eigenvalue weighted by molar-refractivity contribution is 0.0594. The summed E-state index contributed by atoms with van der Waals surface area (Å²) in [6.45, 7) is 0.572. The van der Waals surface area contributed by atoms with E-state index in [1.807, 2.05) is 0 Å². The van der Waals surface area contributed by atoms with Crippen LogP contribution in [0.2, 0.25) is 10.0 Å². The summed E-state index contributed by atoms with van der Waals surface area (Å²) in [6, 6.07) is 4.45. The maximum absolute atomic E-state index is 12.6. The average Bonchev–Trinajstić information content (AvgIpc) is 3.10. The van der Waals surface area contributed by atoms with Crippen LogP contribution in [0.15, 0.2) is 28.9 Å². The van der Waals surface area contributed by atoms with Crippen molar-refractivity contribution >= 4 is 40.9 Å². The van der Waals surface area contributed by atoms with Crippen molar-refractivity contribution in [3.63, 3.8) is 0 Å². The maximum Gasteiger partial charge on any atom is 0.360 e. The number of nitrogens with one attached hydrogen (secondary N) is 1. The van der Waals surface area contributed by atoms with E-state index in [0.717, 1.165) is 0 Å². The molecular weight excluding hydrogens is 385 g/mol. The van der Waals surface area contributed by atoms with Crippen LogP contribution in [0.3, 0.4) is 0 Å². The molecular formula is C16H17Cl2N3O5. The number of anilines is 1. The van der Waals surface area contributed by atoms with E-state index in [1.165, 1.54) is 25.4 Å². The number of oxazole rings is 1. The molecule has 0 bridgehead atoms. The summed E-state index contributed by atoms with van der Waals surface area (Å²) in [6.07, 6.45) is 1.17. The van der Waals surface area contributed by atoms with Crippen LogP contribution >= 0.6 is 23.2 Å². The molecule has 0 aliphatic rings. The summed E-state index contributed by atoms with van der Waals surface area (Å²) in [7, 11) is 2.76. The Labute approximate surface area is 160 Å². The minimum atomic E-state index is -0.626. The van der Waals surface area contributed by atoms with Crippen LogP contribution in [0.4, 0.5) is 10.5 Å². The van der Waals surface area contributed by atoms with Crippen molar-refractivity contribution in [2.24, 2.45) is 0 Å². The van der Waals surface area contributed by atoms with Crippen molar-refractivity contribution in [1.82, 2.24) is 9.88 Å². The monoisotopic (exact) mass is 401 g/mol. The predicted molar refractivity (Wildman–Crippen MR) is 95.6 cm³/mol. The molecule has 0 saturated carbocycles. The highest BCUT2D eigenvalue weighted by Crippen LogP contribution is 2.29. The van der Waals surface area contributed by atoms with Gasteiger partial charge in [-0.2, -0.15) is 0 Å². The largest absolute Gasteiger partial charge is 0.464 e. The minimum Gasteiger partial charge on any atom is -0.464 e. The Bertz CT molecular complexity index is 781. The molecule has 1 aromatic carbocycles. The van der Waals surface area contributed by atoms with Crippen LogP contribution in [0.1, 0.15) is 16.4 Å². The third-order valence-electron chi connectivity index (χ3n) is 3.32. The summed E-state index contributed by atoms with van der Waals surface area (Å²) < 4.78 is 14.8. The van der Waals surface area contributed by atoms with Gasteiger partial charge in [0, 0.05) is 13.7 Å². The van der Waals surface area contributed by atoms with Crippen LogP contribution in [0.5, 0.6) is 0 Å². The lowest BCUT2D eigenvalue weighted by atomic mass is 10.3. The molecule has 0 unspecified atom stereocenters. The van der Waals surface area contributed by atoms with E-state index in [-0.39, 0.29) is 29.7 Å². The summed E-state index contributed by atoms with van der Waals surface area (Å²) in [5, 5.41) is 3.23. The van der Waals surface area contributed by atoms with Gasteiger partial charge in [0.2, 0.25) is 5.89 Å². The minimum absolute atomic E-state index is 0.0182. The van der Waals surface area contributed by atoms with Gasteiger partial charge < -0.3 is 24.1 Å². The van der Waals surface area contributed by atoms with Gasteiger partial charge in [-0.25, -0.2) is 14.6 Å². The first-order valence-electron chi connectivity index (χ1n) is 7.47. The van der Waals surface area contributed by atoms with Crippen molar-refractivity contribution in [2.45, 2.75) is 6.54 Å². The van der Waals surface area contributed by atoms with Crippen molar-refractivity contribution in [3.05, 3.63) is 46.1 Å². The third kappa shape index (κ3) is 5.10. The van der Waals surface area contributed by atoms with E-state index in [1.54, 1.807) is 18.2 Å². The van der Waals surface area contributed by atoms with Crippen LogP contribution in [0, 0.1) is 0 Å². The van der Waals surface area contributed by atoms with Crippen LogP contribution < -0.4 is 5.32 Å². The number of hydrogen-bond acceptors (Lipinski definition) is 6. The molecule has 1 heterocycles. The number of rotatable bonds is 7. The summed E-state index contributed by atoms with van der Waals surface area (Å²) in [5.74, 6) is -0.451. The van der Waals surface area contributed by atoms with Crippen LogP contribution in [-0.4, -0.2) is 49.3 Å². The number of urea groups is 1. The molecule has 0 aliphatic heterocycles. The van der Waals surface area contributed by atoms with Crippen molar-refractivity contribution in [1.29, 1.82) is 0 Å². The van der Waals surface area contributed by atoms with E-state index >= 15 is 0 Å². The zero-order valence-corrected chi connectivity index (χ0v) is 15.6. The number of carbonyl (C=O) groups is 2. The highest BCUT2D eigenvalue weighted by molar-refractivity contribution is 6.43. The summed E-state index contributed by atoms with van der Waals surface area (Å²) in [4.78, 5) is 29.4. The molecule has 140 valence electrons. The first kappa shape index (κ1) is 20.0. The second kappa shape index (κ2) is 9.42. The van der Waals surface area contributed by atoms with Crippen molar-refractivity contribution < 1.29 is 23.5 Å². The molecule has 0 aliphatic carbocycles. The van der Waals surface area contributed by atoms with E-state index in [2.05, 4.69) is 15.0 Å². The summed E-state index contributed by atoms with van der Waals surface area (Å²) in [5.41, 5.74) is 0.390. The number of halogens is 2. The van der Waals surface area contributed by atoms with Gasteiger partial charge in [0.05, 0.1) is 36.0 Å². The van der Waals surface area contributed by atoms with Crippen LogP contribution in [-0.2, 0) is 16.0 Å². The Hall–Kier alpha value is -2.29. The first-order valence-corrected chi connectivity index (χ1v) is 8.23. The maximum atomic E-state index is 12.6. The van der Waals surface area contributed by atoms with E-state index in [4.69, 9.17) is 32.4 Å². The molecule has 26 heavy (non-hydrogen) atoms. The zero-order chi connectivity index (χ0) is 19.1. The number of hydrogen-bond donors (Lipinski definition) is 1. The first-order chi connectivity index (χ1) is 12.5. The van der Waals surface area contributed by atoms with Gasteiger partial charge in [0.15, 0.2) is 5.69 Å². The molecule has 0 atom stereocenters. The van der Waals surface area contributed by atoms with E-state index in [9.17, 15) is 9.59 Å². The molecule has 1 N–H and O–H groups in total. The lowest BCUT2D eigenvalue weighted by Crippen LogP contribution is -2.37. The smallest absolute Gasteiger partial charge is 0.360 e. The molecule has 8 nitrogen and oxygen atoms in total. The highest BCUT2D eigenvalue weighted by Gasteiger charge is 2.20. The molecule has 0 saturated heterocycles. The van der Waals surface area contributed by atoms with Crippen molar-refractivity contribution in [3.8, 4) is 0 Å². The van der Waals surface area contributed by atoms with Gasteiger partial charge in [0.25, 0.3) is 0 Å². The van der Waals surface area contributed by atoms with Gasteiger partial charge in [-0.1, -0.05) is 29.3 Å². The number of benzene rings is 1. The SMILES string of the molecule is COCCN(Cc1nc(C(=O)OC)co1)C(=O)Nc1cccc(Cl)c1Cl. The molecule has 2 amide bonds. The molecule has 0 fully saturated rings. The number of ether oxygens (including phenoxy) is 2. The van der Waals surface area contributed by atoms with Gasteiger partial charge in [-0.05, 0) is 12.1 Å². The van der Waals surface area contributed by atoms with Gasteiger partial charge in [0.1, 0.15) is 6.26 Å². The standard InChI is InChI=1S/C16H17Cl2N3O5/c1-24-7-6-21(8-13-19-12(9-26-13)15(22)25-2)16(23)20-11-5-3-4-10(17)14(11)18/h3-5,9H,6-8H2,1-2H3,(H,20,23). The fourth-order valence-corrected chi connectivity index (χ4v) is 2.34. The molecule has 1 aromatic heterocycles. The zero-order valence-electron chi connectivity index (χ0n) is 14.1. The molecule has 0 spiro atoms. The van der Waals surface area contributed by atoms with E-state index in [0.29, 0.717) is 17.3 Å². The van der Waals surface area contributed by atoms with E-state index < -0.39 is 12.0 Å². The van der Waals surface area contributed by atoms with Gasteiger partial charge >= 0.3 is 12.0 Å². The average molecular weight is 402 g/mol. The fraction of sp³-hybridized carbons (Fsp3) is 0.312. The molecule has 10 heteroatoms. The molecule has 2 rings (SSSR count). The molecule has 0 radical (unpaired) electrons. The fourth-order valence-electron chi connectivity index (χ4n) is 1.99. The number of amides is 2. The van der Waals surface area contributed by atoms with Crippen LogP contribution in [0.25, 0.3) is 0 Å². The van der Waals surface area contributed by atoms with Gasteiger partial charge in [-0.15, -0.1) is 0 Å². The Morgan fingerprint density at radius 3 is 2.77 bits per heavy atom. The Balaban J connectivity index is 2.12. The quantitative estimate of drug-likeness (QED) is 0.713. The number of esters is 1. The number of aromatic nitrogens is 1. The normalized spacial score (nSPS) is 10.5. The second-order valence-corrected chi connectivity index (χ2v) is 5.85. The number of carbonyl (C=O) groups excluding carboxylic acids is 2. The third-order valence-corrected chi connectivity index (χ3v) is 4.14. The number of methoxy groups -OCH3 is 2. The topological polar surface area (TPSA) is 93.9 Å². The predicted octanol–water partition coefficient (Wildman–Crippen LogP) is 3.45. The Morgan fingerprint density at radius 2 is 2.08 bits per heavy atom.